The maximum absolute atomic E-state index is 10.8. The molecule has 2 heterocycles. The third-order valence-electron chi connectivity index (χ3n) is 1.80. The quantitative estimate of drug-likeness (QED) is 0.893. The van der Waals surface area contributed by atoms with Crippen LogP contribution in [0.1, 0.15) is 10.5 Å². The summed E-state index contributed by atoms with van der Waals surface area (Å²) in [5.74, 6) is -1.17. The maximum atomic E-state index is 10.8. The lowest BCUT2D eigenvalue weighted by molar-refractivity contribution is 0.0690. The van der Waals surface area contributed by atoms with Gasteiger partial charge in [-0.3, -0.25) is 0 Å². The van der Waals surface area contributed by atoms with Crippen LogP contribution in [0.4, 0.5) is 0 Å². The topological polar surface area (TPSA) is 93.8 Å². The molecule has 9 heteroatoms. The van der Waals surface area contributed by atoms with Gasteiger partial charge in [0.2, 0.25) is 5.16 Å². The number of carboxylic acids is 1. The number of aryl methyl sites for hydroxylation is 1. The summed E-state index contributed by atoms with van der Waals surface area (Å²) in [7, 11) is 1.68. The van der Waals surface area contributed by atoms with Crippen LogP contribution in [0.25, 0.3) is 0 Å². The highest BCUT2D eigenvalue weighted by Crippen LogP contribution is 2.25. The Kier molecular flexibility index (Phi) is 3.25. The normalized spacial score (nSPS) is 10.5. The molecule has 0 spiro atoms. The molecule has 0 bridgehead atoms. The Morgan fingerprint density at radius 2 is 2.29 bits per heavy atom. The third kappa shape index (κ3) is 2.53. The predicted octanol–water partition coefficient (Wildman–Crippen LogP) is 1.11. The van der Waals surface area contributed by atoms with Crippen LogP contribution in [0.5, 0.6) is 0 Å². The zero-order valence-electron chi connectivity index (χ0n) is 8.53. The molecule has 2 aromatic rings. The smallest absolute Gasteiger partial charge is 0.356 e. The summed E-state index contributed by atoms with van der Waals surface area (Å²) in [6.07, 6.45) is 0. The van der Waals surface area contributed by atoms with Crippen LogP contribution < -0.4 is 0 Å². The molecule has 17 heavy (non-hydrogen) atoms. The molecule has 0 fully saturated rings. The van der Waals surface area contributed by atoms with Crippen LogP contribution in [-0.4, -0.2) is 36.3 Å². The van der Waals surface area contributed by atoms with Crippen molar-refractivity contribution in [3.63, 3.8) is 0 Å². The molecule has 0 aliphatic carbocycles. The van der Waals surface area contributed by atoms with E-state index in [2.05, 4.69) is 20.5 Å². The minimum absolute atomic E-state index is 0.0953. The fraction of sp³-hybridized carbons (Fsp3) is 0.125. The standard InChI is InChI=1S/C8H6ClN5O2S/c1-14-8(11-12-13-14)17-5-3-2-4(9)6(10-5)7(15)16/h2-3H,1H3,(H,15,16). The van der Waals surface area contributed by atoms with E-state index in [4.69, 9.17) is 16.7 Å². The van der Waals surface area contributed by atoms with Gasteiger partial charge in [-0.25, -0.2) is 14.5 Å². The van der Waals surface area contributed by atoms with E-state index in [1.807, 2.05) is 0 Å². The first-order chi connectivity index (χ1) is 8.08. The third-order valence-corrected chi connectivity index (χ3v) is 3.07. The van der Waals surface area contributed by atoms with Crippen LogP contribution in [0.15, 0.2) is 22.3 Å². The van der Waals surface area contributed by atoms with Gasteiger partial charge in [0.05, 0.1) is 5.02 Å². The Bertz CT molecular complexity index is 573. The highest BCUT2D eigenvalue weighted by atomic mass is 35.5. The summed E-state index contributed by atoms with van der Waals surface area (Å²) in [5, 5.41) is 20.8. The summed E-state index contributed by atoms with van der Waals surface area (Å²) in [5.41, 5.74) is -0.188. The fourth-order valence-corrected chi connectivity index (χ4v) is 1.92. The van der Waals surface area contributed by atoms with Crippen LogP contribution in [0.3, 0.4) is 0 Å². The predicted molar refractivity (Wildman–Crippen MR) is 59.1 cm³/mol. The van der Waals surface area contributed by atoms with Crippen molar-refractivity contribution in [2.24, 2.45) is 7.05 Å². The molecular formula is C8H6ClN5O2S. The molecular weight excluding hydrogens is 266 g/mol. The van der Waals surface area contributed by atoms with Gasteiger partial charge in [0.25, 0.3) is 0 Å². The Morgan fingerprint density at radius 3 is 2.88 bits per heavy atom. The van der Waals surface area contributed by atoms with E-state index >= 15 is 0 Å². The molecule has 0 unspecified atom stereocenters. The van der Waals surface area contributed by atoms with Crippen molar-refractivity contribution < 1.29 is 9.90 Å². The van der Waals surface area contributed by atoms with Gasteiger partial charge in [-0.05, 0) is 34.3 Å². The minimum atomic E-state index is -1.17. The van der Waals surface area contributed by atoms with Gasteiger partial charge in [-0.15, -0.1) is 5.10 Å². The molecule has 1 N–H and O–H groups in total. The summed E-state index contributed by atoms with van der Waals surface area (Å²) in [6, 6.07) is 3.08. The zero-order chi connectivity index (χ0) is 12.4. The zero-order valence-corrected chi connectivity index (χ0v) is 10.1. The largest absolute Gasteiger partial charge is 0.476 e. The lowest BCUT2D eigenvalue weighted by atomic mass is 10.3. The summed E-state index contributed by atoms with van der Waals surface area (Å²) >= 11 is 6.86. The SMILES string of the molecule is Cn1nnnc1Sc1ccc(Cl)c(C(=O)O)n1. The molecule has 2 aromatic heterocycles. The number of aromatic carboxylic acids is 1. The monoisotopic (exact) mass is 271 g/mol. The van der Waals surface area contributed by atoms with E-state index in [-0.39, 0.29) is 10.7 Å². The van der Waals surface area contributed by atoms with E-state index in [1.165, 1.54) is 10.7 Å². The minimum Gasteiger partial charge on any atom is -0.476 e. The molecule has 0 saturated heterocycles. The fourth-order valence-electron chi connectivity index (χ4n) is 1.03. The van der Waals surface area contributed by atoms with Crippen molar-refractivity contribution >= 4 is 29.3 Å². The first-order valence-corrected chi connectivity index (χ1v) is 5.57. The van der Waals surface area contributed by atoms with Crippen LogP contribution in [-0.2, 0) is 7.05 Å². The first-order valence-electron chi connectivity index (χ1n) is 4.38. The van der Waals surface area contributed by atoms with Gasteiger partial charge < -0.3 is 5.11 Å². The lowest BCUT2D eigenvalue weighted by Crippen LogP contribution is -2.02. The number of pyridine rings is 1. The summed E-state index contributed by atoms with van der Waals surface area (Å²) in [6.45, 7) is 0. The van der Waals surface area contributed by atoms with Crippen molar-refractivity contribution in [3.05, 3.63) is 22.8 Å². The number of nitrogens with zero attached hydrogens (tertiary/aromatic N) is 5. The molecule has 0 amide bonds. The second-order valence-electron chi connectivity index (χ2n) is 2.97. The van der Waals surface area contributed by atoms with Crippen LogP contribution >= 0.6 is 23.4 Å². The Hall–Kier alpha value is -1.67. The molecule has 0 aliphatic heterocycles. The molecule has 0 radical (unpaired) electrons. The van der Waals surface area contributed by atoms with Gasteiger partial charge in [-0.2, -0.15) is 0 Å². The second kappa shape index (κ2) is 4.68. The van der Waals surface area contributed by atoms with E-state index in [1.54, 1.807) is 13.1 Å². The van der Waals surface area contributed by atoms with Crippen molar-refractivity contribution in [2.45, 2.75) is 10.2 Å². The van der Waals surface area contributed by atoms with Gasteiger partial charge in [0, 0.05) is 7.05 Å². The number of hydrogen-bond acceptors (Lipinski definition) is 6. The Labute approximate surface area is 105 Å². The van der Waals surface area contributed by atoms with Crippen molar-refractivity contribution in [3.8, 4) is 0 Å². The van der Waals surface area contributed by atoms with E-state index in [9.17, 15) is 4.79 Å². The summed E-state index contributed by atoms with van der Waals surface area (Å²) < 4.78 is 1.46. The van der Waals surface area contributed by atoms with E-state index in [0.29, 0.717) is 10.2 Å². The van der Waals surface area contributed by atoms with Gasteiger partial charge in [0.15, 0.2) is 5.69 Å². The first kappa shape index (κ1) is 11.8. The number of carbonyl (C=O) groups is 1. The highest BCUT2D eigenvalue weighted by molar-refractivity contribution is 7.99. The molecule has 7 nitrogen and oxygen atoms in total. The molecule has 0 saturated carbocycles. The average Bonchev–Trinajstić information content (AvgIpc) is 2.67. The summed E-state index contributed by atoms with van der Waals surface area (Å²) in [4.78, 5) is 14.8. The van der Waals surface area contributed by atoms with E-state index in [0.717, 1.165) is 11.8 Å². The number of tetrazole rings is 1. The number of rotatable bonds is 3. The lowest BCUT2D eigenvalue weighted by Gasteiger charge is -2.01. The maximum Gasteiger partial charge on any atom is 0.356 e. The highest BCUT2D eigenvalue weighted by Gasteiger charge is 2.13. The number of aromatic nitrogens is 5. The molecule has 0 aliphatic rings. The van der Waals surface area contributed by atoms with Gasteiger partial charge >= 0.3 is 5.97 Å². The second-order valence-corrected chi connectivity index (χ2v) is 4.37. The number of carboxylic acid groups (broad SMARTS) is 1. The molecule has 0 atom stereocenters. The van der Waals surface area contributed by atoms with E-state index < -0.39 is 5.97 Å². The molecule has 2 rings (SSSR count). The van der Waals surface area contributed by atoms with Crippen LogP contribution in [0, 0.1) is 0 Å². The number of halogens is 1. The van der Waals surface area contributed by atoms with Crippen molar-refractivity contribution in [1.82, 2.24) is 25.2 Å². The van der Waals surface area contributed by atoms with Gasteiger partial charge in [-0.1, -0.05) is 11.6 Å². The average molecular weight is 272 g/mol. The van der Waals surface area contributed by atoms with Crippen molar-refractivity contribution in [1.29, 1.82) is 0 Å². The van der Waals surface area contributed by atoms with Gasteiger partial charge in [0.1, 0.15) is 5.03 Å². The molecule has 88 valence electrons. The van der Waals surface area contributed by atoms with Crippen molar-refractivity contribution in [2.75, 3.05) is 0 Å². The Balaban J connectivity index is 2.32. The molecule has 0 aromatic carbocycles. The number of hydrogen-bond donors (Lipinski definition) is 1. The Morgan fingerprint density at radius 1 is 1.53 bits per heavy atom. The van der Waals surface area contributed by atoms with Crippen LogP contribution in [0.2, 0.25) is 5.02 Å².